The van der Waals surface area contributed by atoms with Gasteiger partial charge in [-0.3, -0.25) is 4.79 Å². The van der Waals surface area contributed by atoms with Gasteiger partial charge in [0.25, 0.3) is 0 Å². The number of rotatable bonds is 5. The van der Waals surface area contributed by atoms with Gasteiger partial charge in [-0.05, 0) is 12.8 Å². The van der Waals surface area contributed by atoms with E-state index in [2.05, 4.69) is 6.92 Å². The fourth-order valence-electron chi connectivity index (χ4n) is 2.06. The Balaban J connectivity index is 2.66. The molecule has 16 heavy (non-hydrogen) atoms. The number of nitrogens with zero attached hydrogens (tertiary/aromatic N) is 1. The molecule has 0 radical (unpaired) electrons. The number of unbranched alkanes of at least 4 members (excludes halogenated alkanes) is 1. The van der Waals surface area contributed by atoms with Crippen molar-refractivity contribution in [3.63, 3.8) is 0 Å². The van der Waals surface area contributed by atoms with E-state index in [9.17, 15) is 13.2 Å². The molecule has 0 unspecified atom stereocenters. The molecule has 1 amide bonds. The van der Waals surface area contributed by atoms with Crippen molar-refractivity contribution in [2.75, 3.05) is 18.1 Å². The molecule has 1 saturated heterocycles. The SMILES string of the molecule is CCCCN(C(=O)CC)[C@H]1CCS(=O)(=O)C1. The Bertz CT molecular complexity index is 337. The summed E-state index contributed by atoms with van der Waals surface area (Å²) in [5, 5.41) is 0. The van der Waals surface area contributed by atoms with Gasteiger partial charge in [-0.15, -0.1) is 0 Å². The molecule has 1 aliphatic heterocycles. The van der Waals surface area contributed by atoms with Crippen LogP contribution in [0.15, 0.2) is 0 Å². The summed E-state index contributed by atoms with van der Waals surface area (Å²) in [5.74, 6) is 0.468. The minimum absolute atomic E-state index is 0.0792. The molecule has 0 bridgehead atoms. The molecular weight excluding hydrogens is 226 g/mol. The van der Waals surface area contributed by atoms with Crippen molar-refractivity contribution in [2.45, 2.75) is 45.6 Å². The molecule has 5 heteroatoms. The molecule has 0 spiro atoms. The van der Waals surface area contributed by atoms with Gasteiger partial charge in [0.2, 0.25) is 5.91 Å². The smallest absolute Gasteiger partial charge is 0.222 e. The van der Waals surface area contributed by atoms with E-state index in [0.29, 0.717) is 19.4 Å². The zero-order chi connectivity index (χ0) is 12.2. The first-order chi connectivity index (χ1) is 7.50. The predicted octanol–water partition coefficient (Wildman–Crippen LogP) is 1.21. The molecule has 0 aromatic carbocycles. The van der Waals surface area contributed by atoms with Crippen LogP contribution in [0, 0.1) is 0 Å². The summed E-state index contributed by atoms with van der Waals surface area (Å²) in [5.41, 5.74) is 0. The summed E-state index contributed by atoms with van der Waals surface area (Å²) < 4.78 is 22.8. The van der Waals surface area contributed by atoms with Crippen LogP contribution in [-0.4, -0.2) is 43.3 Å². The standard InChI is InChI=1S/C11H21NO3S/c1-3-5-7-12(11(13)4-2)10-6-8-16(14,15)9-10/h10H,3-9H2,1-2H3/t10-/m0/s1. The first-order valence-corrected chi connectivity index (χ1v) is 7.82. The molecule has 0 aliphatic carbocycles. The molecule has 0 aromatic rings. The van der Waals surface area contributed by atoms with Gasteiger partial charge in [0.15, 0.2) is 9.84 Å². The second-order valence-corrected chi connectivity index (χ2v) is 6.58. The summed E-state index contributed by atoms with van der Waals surface area (Å²) in [4.78, 5) is 13.5. The second kappa shape index (κ2) is 5.66. The number of amides is 1. The van der Waals surface area contributed by atoms with Crippen molar-refractivity contribution in [1.29, 1.82) is 0 Å². The third-order valence-electron chi connectivity index (χ3n) is 3.02. The fraction of sp³-hybridized carbons (Fsp3) is 0.909. The number of sulfone groups is 1. The maximum absolute atomic E-state index is 11.7. The fourth-order valence-corrected chi connectivity index (χ4v) is 3.79. The Morgan fingerprint density at radius 2 is 2.06 bits per heavy atom. The van der Waals surface area contributed by atoms with E-state index >= 15 is 0 Å². The molecule has 1 heterocycles. The molecule has 94 valence electrons. The van der Waals surface area contributed by atoms with Gasteiger partial charge < -0.3 is 4.90 Å². The summed E-state index contributed by atoms with van der Waals surface area (Å²) in [6, 6.07) is -0.0796. The molecule has 1 atom stereocenters. The Kier molecular flexibility index (Phi) is 4.77. The van der Waals surface area contributed by atoms with Crippen molar-refractivity contribution in [2.24, 2.45) is 0 Å². The third kappa shape index (κ3) is 3.47. The maximum atomic E-state index is 11.7. The maximum Gasteiger partial charge on any atom is 0.222 e. The lowest BCUT2D eigenvalue weighted by atomic mass is 10.2. The minimum Gasteiger partial charge on any atom is -0.339 e. The van der Waals surface area contributed by atoms with E-state index in [-0.39, 0.29) is 23.5 Å². The van der Waals surface area contributed by atoms with Crippen molar-refractivity contribution in [3.8, 4) is 0 Å². The normalized spacial score (nSPS) is 23.2. The third-order valence-corrected chi connectivity index (χ3v) is 4.77. The largest absolute Gasteiger partial charge is 0.339 e. The van der Waals surface area contributed by atoms with Gasteiger partial charge in [0.1, 0.15) is 0 Å². The van der Waals surface area contributed by atoms with E-state index in [1.807, 2.05) is 6.92 Å². The van der Waals surface area contributed by atoms with Crippen LogP contribution in [0.2, 0.25) is 0 Å². The van der Waals surface area contributed by atoms with Crippen LogP contribution < -0.4 is 0 Å². The highest BCUT2D eigenvalue weighted by Gasteiger charge is 2.33. The lowest BCUT2D eigenvalue weighted by molar-refractivity contribution is -0.132. The highest BCUT2D eigenvalue weighted by Crippen LogP contribution is 2.19. The zero-order valence-corrected chi connectivity index (χ0v) is 10.9. The lowest BCUT2D eigenvalue weighted by Crippen LogP contribution is -2.41. The predicted molar refractivity (Wildman–Crippen MR) is 64.0 cm³/mol. The summed E-state index contributed by atoms with van der Waals surface area (Å²) in [6.07, 6.45) is 3.04. The molecule has 0 saturated carbocycles. The van der Waals surface area contributed by atoms with Crippen molar-refractivity contribution < 1.29 is 13.2 Å². The van der Waals surface area contributed by atoms with E-state index in [1.165, 1.54) is 0 Å². The van der Waals surface area contributed by atoms with Gasteiger partial charge >= 0.3 is 0 Å². The van der Waals surface area contributed by atoms with Crippen LogP contribution in [0.1, 0.15) is 39.5 Å². The highest BCUT2D eigenvalue weighted by atomic mass is 32.2. The molecular formula is C11H21NO3S. The molecule has 0 N–H and O–H groups in total. The molecule has 1 aliphatic rings. The average Bonchev–Trinajstić information content (AvgIpc) is 2.59. The van der Waals surface area contributed by atoms with Crippen LogP contribution in [-0.2, 0) is 14.6 Å². The monoisotopic (exact) mass is 247 g/mol. The van der Waals surface area contributed by atoms with Gasteiger partial charge in [-0.25, -0.2) is 8.42 Å². The topological polar surface area (TPSA) is 54.5 Å². The molecule has 1 fully saturated rings. The molecule has 1 rings (SSSR count). The Morgan fingerprint density at radius 3 is 2.50 bits per heavy atom. The van der Waals surface area contributed by atoms with Gasteiger partial charge in [0.05, 0.1) is 11.5 Å². The Labute approximate surface area is 97.9 Å². The number of carbonyl (C=O) groups is 1. The number of hydrogen-bond acceptors (Lipinski definition) is 3. The van der Waals surface area contributed by atoms with Gasteiger partial charge in [0, 0.05) is 19.0 Å². The highest BCUT2D eigenvalue weighted by molar-refractivity contribution is 7.91. The van der Waals surface area contributed by atoms with E-state index in [1.54, 1.807) is 4.90 Å². The number of carbonyl (C=O) groups excluding carboxylic acids is 1. The average molecular weight is 247 g/mol. The van der Waals surface area contributed by atoms with Crippen molar-refractivity contribution in [3.05, 3.63) is 0 Å². The second-order valence-electron chi connectivity index (χ2n) is 4.35. The van der Waals surface area contributed by atoms with E-state index in [0.717, 1.165) is 12.8 Å². The zero-order valence-electron chi connectivity index (χ0n) is 10.1. The van der Waals surface area contributed by atoms with Crippen LogP contribution in [0.4, 0.5) is 0 Å². The Hall–Kier alpha value is -0.580. The first-order valence-electron chi connectivity index (χ1n) is 6.00. The van der Waals surface area contributed by atoms with Crippen LogP contribution in [0.3, 0.4) is 0 Å². The van der Waals surface area contributed by atoms with Crippen molar-refractivity contribution in [1.82, 2.24) is 4.90 Å². The summed E-state index contributed by atoms with van der Waals surface area (Å²) in [6.45, 7) is 4.59. The van der Waals surface area contributed by atoms with E-state index < -0.39 is 9.84 Å². The first kappa shape index (κ1) is 13.5. The minimum atomic E-state index is -2.90. The van der Waals surface area contributed by atoms with Crippen LogP contribution >= 0.6 is 0 Å². The van der Waals surface area contributed by atoms with E-state index in [4.69, 9.17) is 0 Å². The lowest BCUT2D eigenvalue weighted by Gasteiger charge is -2.27. The number of hydrogen-bond donors (Lipinski definition) is 0. The van der Waals surface area contributed by atoms with Gasteiger partial charge in [-0.1, -0.05) is 20.3 Å². The summed E-state index contributed by atoms with van der Waals surface area (Å²) >= 11 is 0. The summed E-state index contributed by atoms with van der Waals surface area (Å²) in [7, 11) is -2.90. The van der Waals surface area contributed by atoms with Crippen LogP contribution in [0.25, 0.3) is 0 Å². The molecule has 0 aromatic heterocycles. The van der Waals surface area contributed by atoms with Crippen LogP contribution in [0.5, 0.6) is 0 Å². The molecule has 4 nitrogen and oxygen atoms in total. The quantitative estimate of drug-likeness (QED) is 0.734. The van der Waals surface area contributed by atoms with Crippen molar-refractivity contribution >= 4 is 15.7 Å². The van der Waals surface area contributed by atoms with Gasteiger partial charge in [-0.2, -0.15) is 0 Å². The Morgan fingerprint density at radius 1 is 1.38 bits per heavy atom.